The Hall–Kier alpha value is -1.55. The molecule has 4 heteroatoms. The highest BCUT2D eigenvalue weighted by Crippen LogP contribution is 2.35. The van der Waals surface area contributed by atoms with E-state index in [1.165, 1.54) is 31.2 Å². The molecule has 0 spiro atoms. The highest BCUT2D eigenvalue weighted by atomic mass is 16.3. The lowest BCUT2D eigenvalue weighted by Gasteiger charge is -2.36. The molecule has 1 aromatic rings. The number of aliphatic hydroxyl groups is 1. The van der Waals surface area contributed by atoms with Crippen molar-refractivity contribution in [1.82, 2.24) is 10.6 Å². The number of nitrogens with one attached hydrogen (secondary N) is 2. The first-order valence-electron chi connectivity index (χ1n) is 8.48. The normalized spacial score (nSPS) is 21.9. The van der Waals surface area contributed by atoms with Gasteiger partial charge in [-0.3, -0.25) is 0 Å². The maximum atomic E-state index is 12.2. The zero-order valence-corrected chi connectivity index (χ0v) is 13.1. The Labute approximate surface area is 132 Å². The number of benzene rings is 1. The monoisotopic (exact) mass is 302 g/mol. The summed E-state index contributed by atoms with van der Waals surface area (Å²) in [6, 6.07) is 10.1. The average molecular weight is 302 g/mol. The molecule has 22 heavy (non-hydrogen) atoms. The number of hydrogen-bond acceptors (Lipinski definition) is 2. The lowest BCUT2D eigenvalue weighted by molar-refractivity contribution is -0.0290. The smallest absolute Gasteiger partial charge is 0.315 e. The number of amides is 2. The summed E-state index contributed by atoms with van der Waals surface area (Å²) in [5, 5.41) is 16.1. The number of rotatable bonds is 5. The minimum absolute atomic E-state index is 0.0692. The molecule has 3 N–H and O–H groups in total. The molecule has 0 bridgehead atoms. The van der Waals surface area contributed by atoms with Crippen molar-refractivity contribution >= 4 is 6.03 Å². The minimum atomic E-state index is -0.674. The second-order valence-corrected chi connectivity index (χ2v) is 6.84. The zero-order chi connectivity index (χ0) is 15.4. The molecule has 0 radical (unpaired) electrons. The summed E-state index contributed by atoms with van der Waals surface area (Å²) in [7, 11) is 0. The van der Waals surface area contributed by atoms with Crippen LogP contribution in [0.2, 0.25) is 0 Å². The predicted molar refractivity (Wildman–Crippen MR) is 86.5 cm³/mol. The second-order valence-electron chi connectivity index (χ2n) is 6.84. The van der Waals surface area contributed by atoms with E-state index in [-0.39, 0.29) is 12.1 Å². The van der Waals surface area contributed by atoms with Gasteiger partial charge in [-0.1, -0.05) is 43.2 Å². The molecule has 2 fully saturated rings. The second kappa shape index (κ2) is 6.69. The Balaban J connectivity index is 1.60. The first kappa shape index (κ1) is 15.3. The molecule has 0 aromatic heterocycles. The highest BCUT2D eigenvalue weighted by Gasteiger charge is 2.35. The summed E-state index contributed by atoms with van der Waals surface area (Å²) >= 11 is 0. The average Bonchev–Trinajstić information content (AvgIpc) is 3.03. The largest absolute Gasteiger partial charge is 0.388 e. The number of hydrogen-bond donors (Lipinski definition) is 3. The third-order valence-corrected chi connectivity index (χ3v) is 5.18. The molecule has 1 unspecified atom stereocenters. The van der Waals surface area contributed by atoms with Gasteiger partial charge in [0.05, 0.1) is 11.6 Å². The van der Waals surface area contributed by atoms with Crippen LogP contribution in [0.25, 0.3) is 0 Å². The Morgan fingerprint density at radius 3 is 2.45 bits per heavy atom. The predicted octanol–water partition coefficient (Wildman–Crippen LogP) is 3.13. The summed E-state index contributed by atoms with van der Waals surface area (Å²) in [5.41, 5.74) is 0.499. The molecule has 2 amide bonds. The molecule has 1 aromatic carbocycles. The van der Waals surface area contributed by atoms with E-state index in [4.69, 9.17) is 0 Å². The van der Waals surface area contributed by atoms with Gasteiger partial charge in [0, 0.05) is 6.54 Å². The first-order chi connectivity index (χ1) is 10.7. The topological polar surface area (TPSA) is 61.4 Å². The Morgan fingerprint density at radius 1 is 1.18 bits per heavy atom. The Bertz CT molecular complexity index is 493. The molecular formula is C18H26N2O2. The van der Waals surface area contributed by atoms with Gasteiger partial charge in [-0.05, 0) is 43.6 Å². The van der Waals surface area contributed by atoms with Gasteiger partial charge in [0.15, 0.2) is 0 Å². The molecule has 0 heterocycles. The van der Waals surface area contributed by atoms with Gasteiger partial charge in [0.25, 0.3) is 0 Å². The van der Waals surface area contributed by atoms with E-state index in [1.807, 2.05) is 18.2 Å². The van der Waals surface area contributed by atoms with E-state index in [2.05, 4.69) is 22.8 Å². The van der Waals surface area contributed by atoms with E-state index in [9.17, 15) is 9.90 Å². The molecular weight excluding hydrogens is 276 g/mol. The van der Waals surface area contributed by atoms with Gasteiger partial charge in [-0.2, -0.15) is 0 Å². The van der Waals surface area contributed by atoms with E-state index in [0.717, 1.165) is 19.3 Å². The third kappa shape index (κ3) is 3.61. The number of carbonyl (C=O) groups is 1. The quantitative estimate of drug-likeness (QED) is 0.782. The SMILES string of the molecule is O=C(NCC1(O)CCC1)NC(c1ccccc1)C1CCCC1. The van der Waals surface area contributed by atoms with Crippen LogP contribution in [-0.4, -0.2) is 23.3 Å². The van der Waals surface area contributed by atoms with Crippen LogP contribution in [0.5, 0.6) is 0 Å². The molecule has 120 valence electrons. The molecule has 1 atom stereocenters. The zero-order valence-electron chi connectivity index (χ0n) is 13.1. The van der Waals surface area contributed by atoms with Gasteiger partial charge in [-0.15, -0.1) is 0 Å². The van der Waals surface area contributed by atoms with Crippen molar-refractivity contribution in [2.45, 2.75) is 56.6 Å². The third-order valence-electron chi connectivity index (χ3n) is 5.18. The maximum absolute atomic E-state index is 12.2. The summed E-state index contributed by atoms with van der Waals surface area (Å²) in [6.07, 6.45) is 7.46. The highest BCUT2D eigenvalue weighted by molar-refractivity contribution is 5.74. The van der Waals surface area contributed by atoms with E-state index in [0.29, 0.717) is 12.5 Å². The van der Waals surface area contributed by atoms with Crippen molar-refractivity contribution in [3.8, 4) is 0 Å². The standard InChI is InChI=1S/C18H26N2O2/c21-17(19-13-18(22)11-6-12-18)20-16(15-9-4-5-10-15)14-7-2-1-3-8-14/h1-3,7-8,15-16,22H,4-6,9-13H2,(H2,19,20,21). The van der Waals surface area contributed by atoms with Crippen LogP contribution in [0.1, 0.15) is 56.6 Å². The van der Waals surface area contributed by atoms with Gasteiger partial charge < -0.3 is 15.7 Å². The summed E-state index contributed by atoms with van der Waals surface area (Å²) in [6.45, 7) is 0.352. The van der Waals surface area contributed by atoms with E-state index < -0.39 is 5.60 Å². The van der Waals surface area contributed by atoms with Gasteiger partial charge in [0.1, 0.15) is 0 Å². The van der Waals surface area contributed by atoms with Crippen LogP contribution in [0, 0.1) is 5.92 Å². The molecule has 0 saturated heterocycles. The number of urea groups is 1. The fourth-order valence-corrected chi connectivity index (χ4v) is 3.62. The molecule has 2 aliphatic carbocycles. The van der Waals surface area contributed by atoms with Gasteiger partial charge >= 0.3 is 6.03 Å². The lowest BCUT2D eigenvalue weighted by atomic mass is 9.80. The maximum Gasteiger partial charge on any atom is 0.315 e. The first-order valence-corrected chi connectivity index (χ1v) is 8.48. The minimum Gasteiger partial charge on any atom is -0.388 e. The van der Waals surface area contributed by atoms with Crippen LogP contribution >= 0.6 is 0 Å². The van der Waals surface area contributed by atoms with Crippen molar-refractivity contribution in [2.24, 2.45) is 5.92 Å². The fraction of sp³-hybridized carbons (Fsp3) is 0.611. The summed E-state index contributed by atoms with van der Waals surface area (Å²) in [4.78, 5) is 12.2. The lowest BCUT2D eigenvalue weighted by Crippen LogP contribution is -2.51. The molecule has 4 nitrogen and oxygen atoms in total. The van der Waals surface area contributed by atoms with Crippen molar-refractivity contribution in [2.75, 3.05) is 6.54 Å². The fourth-order valence-electron chi connectivity index (χ4n) is 3.62. The Morgan fingerprint density at radius 2 is 1.86 bits per heavy atom. The van der Waals surface area contributed by atoms with Crippen LogP contribution < -0.4 is 10.6 Å². The molecule has 0 aliphatic heterocycles. The van der Waals surface area contributed by atoms with E-state index >= 15 is 0 Å². The molecule has 3 rings (SSSR count). The van der Waals surface area contributed by atoms with Crippen LogP contribution in [-0.2, 0) is 0 Å². The van der Waals surface area contributed by atoms with Gasteiger partial charge in [0.2, 0.25) is 0 Å². The molecule has 2 aliphatic rings. The molecule has 2 saturated carbocycles. The van der Waals surface area contributed by atoms with Crippen LogP contribution in [0.15, 0.2) is 30.3 Å². The summed E-state index contributed by atoms with van der Waals surface area (Å²) < 4.78 is 0. The van der Waals surface area contributed by atoms with Crippen LogP contribution in [0.4, 0.5) is 4.79 Å². The van der Waals surface area contributed by atoms with Crippen molar-refractivity contribution < 1.29 is 9.90 Å². The van der Waals surface area contributed by atoms with Crippen LogP contribution in [0.3, 0.4) is 0 Å². The van der Waals surface area contributed by atoms with Crippen molar-refractivity contribution in [3.63, 3.8) is 0 Å². The van der Waals surface area contributed by atoms with Crippen molar-refractivity contribution in [1.29, 1.82) is 0 Å². The van der Waals surface area contributed by atoms with E-state index in [1.54, 1.807) is 0 Å². The van der Waals surface area contributed by atoms with Crippen molar-refractivity contribution in [3.05, 3.63) is 35.9 Å². The summed E-state index contributed by atoms with van der Waals surface area (Å²) in [5.74, 6) is 0.514. The Kier molecular flexibility index (Phi) is 4.67. The number of carbonyl (C=O) groups excluding carboxylic acids is 1. The van der Waals surface area contributed by atoms with Gasteiger partial charge in [-0.25, -0.2) is 4.79 Å².